The van der Waals surface area contributed by atoms with Gasteiger partial charge in [0.15, 0.2) is 0 Å². The first-order valence-electron chi connectivity index (χ1n) is 8.23. The number of aryl methyl sites for hydroxylation is 2. The van der Waals surface area contributed by atoms with E-state index in [0.29, 0.717) is 11.4 Å². The maximum atomic E-state index is 12.5. The van der Waals surface area contributed by atoms with Gasteiger partial charge in [-0.3, -0.25) is 14.3 Å². The first kappa shape index (κ1) is 18.1. The number of carbonyl (C=O) groups excluding carboxylic acids is 1. The zero-order chi connectivity index (χ0) is 18.9. The summed E-state index contributed by atoms with van der Waals surface area (Å²) in [5, 5.41) is 7.02. The maximum absolute atomic E-state index is 12.5. The van der Waals surface area contributed by atoms with E-state index in [1.165, 1.54) is 10.7 Å². The molecular formula is C17H20N4O4S. The van der Waals surface area contributed by atoms with Gasteiger partial charge in [-0.15, -0.1) is 0 Å². The second-order valence-electron chi connectivity index (χ2n) is 6.37. The third kappa shape index (κ3) is 4.10. The molecule has 8 nitrogen and oxygen atoms in total. The summed E-state index contributed by atoms with van der Waals surface area (Å²) in [6.07, 6.45) is 3.67. The van der Waals surface area contributed by atoms with E-state index in [1.54, 1.807) is 31.2 Å². The Kier molecular flexibility index (Phi) is 4.82. The summed E-state index contributed by atoms with van der Waals surface area (Å²) in [7, 11) is -3.41. The minimum atomic E-state index is -3.41. The predicted molar refractivity (Wildman–Crippen MR) is 98.8 cm³/mol. The van der Waals surface area contributed by atoms with Gasteiger partial charge in [0.2, 0.25) is 15.9 Å². The maximum Gasteiger partial charge on any atom is 0.267 e. The fraction of sp³-hybridized carbons (Fsp3) is 0.353. The van der Waals surface area contributed by atoms with Crippen LogP contribution in [-0.4, -0.2) is 30.4 Å². The zero-order valence-corrected chi connectivity index (χ0v) is 15.3. The molecule has 0 spiro atoms. The lowest BCUT2D eigenvalue weighted by Crippen LogP contribution is -2.34. The van der Waals surface area contributed by atoms with Crippen LogP contribution in [0.4, 0.5) is 11.4 Å². The number of carbonyl (C=O) groups is 1. The minimum absolute atomic E-state index is 0.305. The molecule has 26 heavy (non-hydrogen) atoms. The van der Waals surface area contributed by atoms with Gasteiger partial charge in [-0.25, -0.2) is 13.1 Å². The molecule has 1 heterocycles. The molecule has 1 aliphatic rings. The van der Waals surface area contributed by atoms with Crippen LogP contribution in [0.3, 0.4) is 0 Å². The summed E-state index contributed by atoms with van der Waals surface area (Å²) < 4.78 is 26.2. The van der Waals surface area contributed by atoms with Crippen LogP contribution < -0.4 is 15.6 Å². The molecule has 0 aliphatic heterocycles. The average Bonchev–Trinajstić information content (AvgIpc) is 2.99. The summed E-state index contributed by atoms with van der Waals surface area (Å²) >= 11 is 0. The summed E-state index contributed by atoms with van der Waals surface area (Å²) in [4.78, 5) is 24.7. The van der Waals surface area contributed by atoms with Crippen LogP contribution in [0.2, 0.25) is 0 Å². The van der Waals surface area contributed by atoms with Crippen molar-refractivity contribution in [1.82, 2.24) is 9.78 Å². The molecule has 0 bridgehead atoms. The molecule has 0 radical (unpaired) electrons. The Labute approximate surface area is 151 Å². The van der Waals surface area contributed by atoms with E-state index in [0.717, 1.165) is 36.8 Å². The molecule has 2 aromatic rings. The molecule has 0 unspecified atom stereocenters. The second-order valence-corrected chi connectivity index (χ2v) is 8.12. The van der Waals surface area contributed by atoms with Crippen LogP contribution in [0, 0.1) is 0 Å². The van der Waals surface area contributed by atoms with Crippen molar-refractivity contribution in [2.24, 2.45) is 0 Å². The van der Waals surface area contributed by atoms with E-state index in [2.05, 4.69) is 15.1 Å². The Morgan fingerprint density at radius 3 is 2.69 bits per heavy atom. The smallest absolute Gasteiger partial charge is 0.267 e. The Balaban J connectivity index is 1.78. The quantitative estimate of drug-likeness (QED) is 0.817. The van der Waals surface area contributed by atoms with Gasteiger partial charge in [-0.2, -0.15) is 5.10 Å². The lowest BCUT2D eigenvalue weighted by atomic mass is 10.2. The van der Waals surface area contributed by atoms with Crippen LogP contribution in [0.1, 0.15) is 30.6 Å². The molecule has 0 fully saturated rings. The number of hydrogen-bond donors (Lipinski definition) is 2. The van der Waals surface area contributed by atoms with E-state index in [4.69, 9.17) is 0 Å². The minimum Gasteiger partial charge on any atom is -0.324 e. The highest BCUT2D eigenvalue weighted by Crippen LogP contribution is 2.19. The summed E-state index contributed by atoms with van der Waals surface area (Å²) in [5.41, 5.74) is 2.28. The average molecular weight is 376 g/mol. The van der Waals surface area contributed by atoms with Gasteiger partial charge in [-0.05, 0) is 49.9 Å². The number of nitrogens with zero attached hydrogens (tertiary/aromatic N) is 2. The summed E-state index contributed by atoms with van der Waals surface area (Å²) in [6.45, 7) is 1.60. The predicted octanol–water partition coefficient (Wildman–Crippen LogP) is 1.30. The SMILES string of the molecule is C[C@H](C(=O)Nc1cccc(NS(C)(=O)=O)c1)n1nc2c(cc1=O)CCC2. The number of aromatic nitrogens is 2. The lowest BCUT2D eigenvalue weighted by Gasteiger charge is -2.15. The molecule has 1 aromatic heterocycles. The van der Waals surface area contributed by atoms with Crippen molar-refractivity contribution in [2.75, 3.05) is 16.3 Å². The molecule has 9 heteroatoms. The molecule has 1 amide bonds. The summed E-state index contributed by atoms with van der Waals surface area (Å²) in [6, 6.07) is 7.09. The zero-order valence-electron chi connectivity index (χ0n) is 14.5. The number of nitrogens with one attached hydrogen (secondary N) is 2. The Morgan fingerprint density at radius 1 is 1.23 bits per heavy atom. The number of sulfonamides is 1. The van der Waals surface area contributed by atoms with Crippen LogP contribution in [-0.2, 0) is 27.7 Å². The third-order valence-corrected chi connectivity index (χ3v) is 4.77. The molecule has 1 aromatic carbocycles. The van der Waals surface area contributed by atoms with Crippen molar-refractivity contribution in [2.45, 2.75) is 32.2 Å². The van der Waals surface area contributed by atoms with Crippen LogP contribution in [0.25, 0.3) is 0 Å². The molecule has 0 saturated heterocycles. The highest BCUT2D eigenvalue weighted by molar-refractivity contribution is 7.92. The van der Waals surface area contributed by atoms with Gasteiger partial charge in [-0.1, -0.05) is 6.07 Å². The molecule has 138 valence electrons. The molecular weight excluding hydrogens is 356 g/mol. The fourth-order valence-electron chi connectivity index (χ4n) is 2.93. The van der Waals surface area contributed by atoms with Gasteiger partial charge in [0.1, 0.15) is 6.04 Å². The van der Waals surface area contributed by atoms with Crippen molar-refractivity contribution in [3.05, 3.63) is 51.9 Å². The highest BCUT2D eigenvalue weighted by atomic mass is 32.2. The fourth-order valence-corrected chi connectivity index (χ4v) is 3.48. The van der Waals surface area contributed by atoms with E-state index < -0.39 is 22.0 Å². The Bertz CT molecular complexity index is 1010. The first-order chi connectivity index (χ1) is 12.2. The van der Waals surface area contributed by atoms with Crippen molar-refractivity contribution >= 4 is 27.3 Å². The van der Waals surface area contributed by atoms with Crippen molar-refractivity contribution in [3.8, 4) is 0 Å². The van der Waals surface area contributed by atoms with Gasteiger partial charge < -0.3 is 5.32 Å². The monoisotopic (exact) mass is 376 g/mol. The number of amides is 1. The van der Waals surface area contributed by atoms with E-state index >= 15 is 0 Å². The Morgan fingerprint density at radius 2 is 1.96 bits per heavy atom. The normalized spacial score (nSPS) is 14.5. The van der Waals surface area contributed by atoms with Crippen molar-refractivity contribution < 1.29 is 13.2 Å². The number of fused-ring (bicyclic) bond motifs is 1. The van der Waals surface area contributed by atoms with E-state index in [1.807, 2.05) is 0 Å². The molecule has 3 rings (SSSR count). The lowest BCUT2D eigenvalue weighted by molar-refractivity contribution is -0.119. The van der Waals surface area contributed by atoms with Crippen molar-refractivity contribution in [1.29, 1.82) is 0 Å². The van der Waals surface area contributed by atoms with E-state index in [-0.39, 0.29) is 5.56 Å². The molecule has 1 aliphatic carbocycles. The highest BCUT2D eigenvalue weighted by Gasteiger charge is 2.21. The van der Waals surface area contributed by atoms with Gasteiger partial charge in [0.05, 0.1) is 17.6 Å². The number of anilines is 2. The van der Waals surface area contributed by atoms with Gasteiger partial charge in [0, 0.05) is 11.8 Å². The number of hydrogen-bond acceptors (Lipinski definition) is 5. The van der Waals surface area contributed by atoms with Crippen LogP contribution in [0.15, 0.2) is 35.1 Å². The Hall–Kier alpha value is -2.68. The first-order valence-corrected chi connectivity index (χ1v) is 10.1. The number of benzene rings is 1. The van der Waals surface area contributed by atoms with E-state index in [9.17, 15) is 18.0 Å². The van der Waals surface area contributed by atoms with Crippen LogP contribution in [0.5, 0.6) is 0 Å². The van der Waals surface area contributed by atoms with Crippen LogP contribution >= 0.6 is 0 Å². The largest absolute Gasteiger partial charge is 0.324 e. The molecule has 2 N–H and O–H groups in total. The third-order valence-electron chi connectivity index (χ3n) is 4.16. The second kappa shape index (κ2) is 6.91. The topological polar surface area (TPSA) is 110 Å². The van der Waals surface area contributed by atoms with Gasteiger partial charge in [0.25, 0.3) is 5.56 Å². The van der Waals surface area contributed by atoms with Crippen molar-refractivity contribution in [3.63, 3.8) is 0 Å². The van der Waals surface area contributed by atoms with Gasteiger partial charge >= 0.3 is 0 Å². The molecule has 1 atom stereocenters. The number of rotatable bonds is 5. The summed E-state index contributed by atoms with van der Waals surface area (Å²) in [5.74, 6) is -0.408. The molecule has 0 saturated carbocycles. The standard InChI is InChI=1S/C17H20N4O4S/c1-11(21-16(22)9-12-5-3-8-15(12)19-21)17(23)18-13-6-4-7-14(10-13)20-26(2,24)25/h4,6-7,9-11,20H,3,5,8H2,1-2H3,(H,18,23)/t11-/m1/s1.